The molecule has 0 amide bonds. The van der Waals surface area contributed by atoms with Crippen LogP contribution in [0.5, 0.6) is 0 Å². The highest BCUT2D eigenvalue weighted by Gasteiger charge is 2.16. The Morgan fingerprint density at radius 3 is 2.53 bits per heavy atom. The first-order valence-corrected chi connectivity index (χ1v) is 10.4. The van der Waals surface area contributed by atoms with E-state index in [0.29, 0.717) is 13.1 Å². The van der Waals surface area contributed by atoms with Gasteiger partial charge in [0.25, 0.3) is 0 Å². The molecule has 0 atom stereocenters. The van der Waals surface area contributed by atoms with Crippen molar-refractivity contribution in [2.24, 2.45) is 4.99 Å². The second-order valence-electron chi connectivity index (χ2n) is 7.33. The highest BCUT2D eigenvalue weighted by molar-refractivity contribution is 14.0. The van der Waals surface area contributed by atoms with Gasteiger partial charge in [-0.2, -0.15) is 0 Å². The number of nitrogens with zero attached hydrogens (tertiary/aromatic N) is 5. The summed E-state index contributed by atoms with van der Waals surface area (Å²) in [6, 6.07) is 4.21. The van der Waals surface area contributed by atoms with Crippen molar-refractivity contribution in [1.82, 2.24) is 25.7 Å². The summed E-state index contributed by atoms with van der Waals surface area (Å²) >= 11 is 0. The molecule has 0 bridgehead atoms. The third kappa shape index (κ3) is 6.31. The van der Waals surface area contributed by atoms with Crippen molar-refractivity contribution in [1.29, 1.82) is 0 Å². The lowest BCUT2D eigenvalue weighted by Crippen LogP contribution is -2.44. The molecule has 9 heteroatoms. The second kappa shape index (κ2) is 12.1. The van der Waals surface area contributed by atoms with Crippen LogP contribution in [0.2, 0.25) is 0 Å². The number of rotatable bonds is 7. The van der Waals surface area contributed by atoms with Crippen molar-refractivity contribution in [3.63, 3.8) is 0 Å². The van der Waals surface area contributed by atoms with Crippen LogP contribution in [-0.2, 0) is 25.9 Å². The highest BCUT2D eigenvalue weighted by Crippen LogP contribution is 2.16. The molecular formula is C21H34IN7O. The van der Waals surface area contributed by atoms with Crippen LogP contribution < -0.4 is 15.5 Å². The van der Waals surface area contributed by atoms with Gasteiger partial charge in [-0.25, -0.2) is 4.98 Å². The fourth-order valence-corrected chi connectivity index (χ4v) is 3.50. The summed E-state index contributed by atoms with van der Waals surface area (Å²) in [5.74, 6) is 2.74. The van der Waals surface area contributed by atoms with E-state index in [4.69, 9.17) is 4.52 Å². The van der Waals surface area contributed by atoms with E-state index in [1.54, 1.807) is 7.05 Å². The number of anilines is 1. The van der Waals surface area contributed by atoms with Gasteiger partial charge in [-0.15, -0.1) is 24.0 Å². The molecule has 2 aromatic heterocycles. The maximum Gasteiger partial charge on any atom is 0.191 e. The molecule has 0 spiro atoms. The lowest BCUT2D eigenvalue weighted by atomic mass is 10.1. The van der Waals surface area contributed by atoms with Gasteiger partial charge in [0.1, 0.15) is 11.6 Å². The lowest BCUT2D eigenvalue weighted by Gasteiger charge is -2.33. The average Bonchev–Trinajstić information content (AvgIpc) is 3.16. The van der Waals surface area contributed by atoms with E-state index in [9.17, 15) is 0 Å². The van der Waals surface area contributed by atoms with Gasteiger partial charge in [-0.3, -0.25) is 4.99 Å². The minimum atomic E-state index is 0. The van der Waals surface area contributed by atoms with E-state index in [0.717, 1.165) is 67.8 Å². The van der Waals surface area contributed by atoms with Crippen molar-refractivity contribution < 1.29 is 4.52 Å². The minimum Gasteiger partial charge on any atom is -0.361 e. The van der Waals surface area contributed by atoms with Crippen LogP contribution in [0.25, 0.3) is 0 Å². The van der Waals surface area contributed by atoms with Gasteiger partial charge >= 0.3 is 0 Å². The van der Waals surface area contributed by atoms with Crippen molar-refractivity contribution in [2.75, 3.05) is 45.2 Å². The second-order valence-corrected chi connectivity index (χ2v) is 7.33. The van der Waals surface area contributed by atoms with Crippen LogP contribution >= 0.6 is 24.0 Å². The van der Waals surface area contributed by atoms with Gasteiger partial charge in [-0.1, -0.05) is 19.0 Å². The van der Waals surface area contributed by atoms with E-state index in [-0.39, 0.29) is 24.0 Å². The molecule has 1 aliphatic rings. The number of aliphatic imine (C=N–C) groups is 1. The van der Waals surface area contributed by atoms with Crippen LogP contribution in [-0.4, -0.2) is 61.3 Å². The van der Waals surface area contributed by atoms with E-state index in [2.05, 4.69) is 62.5 Å². The van der Waals surface area contributed by atoms with Gasteiger partial charge in [-0.05, 0) is 31.2 Å². The predicted octanol–water partition coefficient (Wildman–Crippen LogP) is 2.43. The zero-order valence-electron chi connectivity index (χ0n) is 18.4. The van der Waals surface area contributed by atoms with Crippen LogP contribution in [0, 0.1) is 0 Å². The SMILES string of the molecule is CCc1noc(CC)c1CNC(=NC)NCc1ccnc(N2CCN(C)CC2)c1.I. The maximum atomic E-state index is 5.44. The first kappa shape index (κ1) is 24.4. The number of halogens is 1. The summed E-state index contributed by atoms with van der Waals surface area (Å²) in [5.41, 5.74) is 3.33. The summed E-state index contributed by atoms with van der Waals surface area (Å²) in [5, 5.41) is 10.9. The topological polar surface area (TPSA) is 81.8 Å². The van der Waals surface area contributed by atoms with E-state index < -0.39 is 0 Å². The highest BCUT2D eigenvalue weighted by atomic mass is 127. The van der Waals surface area contributed by atoms with Gasteiger partial charge in [0.05, 0.1) is 5.69 Å². The summed E-state index contributed by atoms with van der Waals surface area (Å²) in [7, 11) is 3.95. The van der Waals surface area contributed by atoms with Gasteiger partial charge in [0.2, 0.25) is 0 Å². The van der Waals surface area contributed by atoms with E-state index in [1.807, 2.05) is 12.3 Å². The number of hydrogen-bond donors (Lipinski definition) is 2. The Bertz CT molecular complexity index is 794. The number of likely N-dealkylation sites (N-methyl/N-ethyl adjacent to an activating group) is 1. The molecule has 0 radical (unpaired) electrons. The van der Waals surface area contributed by atoms with Gasteiger partial charge in [0.15, 0.2) is 5.96 Å². The standard InChI is InChI=1S/C21H33N7O.HI/c1-5-18-17(19(6-2)29-26-18)15-25-21(22-3)24-14-16-7-8-23-20(13-16)28-11-9-27(4)10-12-28;/h7-8,13H,5-6,9-12,14-15H2,1-4H3,(H2,22,24,25);1H. The number of aromatic nitrogens is 2. The third-order valence-corrected chi connectivity index (χ3v) is 5.36. The quantitative estimate of drug-likeness (QED) is 0.325. The largest absolute Gasteiger partial charge is 0.361 e. The van der Waals surface area contributed by atoms with Crippen molar-refractivity contribution >= 4 is 35.8 Å². The summed E-state index contributed by atoms with van der Waals surface area (Å²) in [4.78, 5) is 13.6. The Balaban J connectivity index is 0.00000320. The summed E-state index contributed by atoms with van der Waals surface area (Å²) in [6.45, 7) is 9.69. The molecule has 0 unspecified atom stereocenters. The Morgan fingerprint density at radius 1 is 1.13 bits per heavy atom. The molecule has 2 aromatic rings. The molecule has 0 saturated carbocycles. The van der Waals surface area contributed by atoms with Crippen LogP contribution in [0.4, 0.5) is 5.82 Å². The van der Waals surface area contributed by atoms with Crippen LogP contribution in [0.3, 0.4) is 0 Å². The average molecular weight is 527 g/mol. The molecule has 1 fully saturated rings. The number of hydrogen-bond acceptors (Lipinski definition) is 6. The van der Waals surface area contributed by atoms with Gasteiger partial charge < -0.3 is 25.0 Å². The Morgan fingerprint density at radius 2 is 1.87 bits per heavy atom. The zero-order chi connectivity index (χ0) is 20.6. The molecule has 2 N–H and O–H groups in total. The molecule has 0 aromatic carbocycles. The molecule has 3 heterocycles. The van der Waals surface area contributed by atoms with Crippen molar-refractivity contribution in [2.45, 2.75) is 39.8 Å². The minimum absolute atomic E-state index is 0. The molecule has 1 saturated heterocycles. The number of guanidine groups is 1. The Labute approximate surface area is 196 Å². The lowest BCUT2D eigenvalue weighted by molar-refractivity contribution is 0.312. The van der Waals surface area contributed by atoms with Crippen molar-refractivity contribution in [3.05, 3.63) is 40.9 Å². The Kier molecular flexibility index (Phi) is 9.83. The molecule has 166 valence electrons. The monoisotopic (exact) mass is 527 g/mol. The number of aryl methyl sites for hydroxylation is 2. The van der Waals surface area contributed by atoms with Crippen LogP contribution in [0.15, 0.2) is 27.8 Å². The van der Waals surface area contributed by atoms with E-state index >= 15 is 0 Å². The molecule has 30 heavy (non-hydrogen) atoms. The fourth-order valence-electron chi connectivity index (χ4n) is 3.50. The van der Waals surface area contributed by atoms with Gasteiger partial charge in [0, 0.05) is 64.5 Å². The molecule has 3 rings (SSSR count). The molecule has 1 aliphatic heterocycles. The first-order chi connectivity index (χ1) is 14.1. The number of piperazine rings is 1. The summed E-state index contributed by atoms with van der Waals surface area (Å²) in [6.07, 6.45) is 3.58. The van der Waals surface area contributed by atoms with E-state index in [1.165, 1.54) is 5.56 Å². The maximum absolute atomic E-state index is 5.44. The third-order valence-electron chi connectivity index (χ3n) is 5.36. The molecular weight excluding hydrogens is 493 g/mol. The summed E-state index contributed by atoms with van der Waals surface area (Å²) < 4.78 is 5.44. The molecule has 8 nitrogen and oxygen atoms in total. The van der Waals surface area contributed by atoms with Crippen molar-refractivity contribution in [3.8, 4) is 0 Å². The predicted molar refractivity (Wildman–Crippen MR) is 132 cm³/mol. The van der Waals surface area contributed by atoms with Crippen LogP contribution in [0.1, 0.15) is 36.4 Å². The Hall–Kier alpha value is -1.88. The smallest absolute Gasteiger partial charge is 0.191 e. The molecule has 0 aliphatic carbocycles. The number of nitrogens with one attached hydrogen (secondary N) is 2. The normalized spacial score (nSPS) is 15.1. The fraction of sp³-hybridized carbons (Fsp3) is 0.571. The number of pyridine rings is 1. The first-order valence-electron chi connectivity index (χ1n) is 10.4. The zero-order valence-corrected chi connectivity index (χ0v) is 20.8.